The molecule has 1 N–H and O–H groups in total. The molecule has 1 atom stereocenters. The van der Waals surface area contributed by atoms with E-state index >= 15 is 0 Å². The van der Waals surface area contributed by atoms with Gasteiger partial charge in [-0.25, -0.2) is 4.39 Å². The van der Waals surface area contributed by atoms with E-state index in [2.05, 4.69) is 16.6 Å². The molecule has 1 unspecified atom stereocenters. The lowest BCUT2D eigenvalue weighted by Gasteiger charge is -2.22. The van der Waals surface area contributed by atoms with Crippen LogP contribution in [-0.4, -0.2) is 53.2 Å². The third-order valence-corrected chi connectivity index (χ3v) is 4.19. The van der Waals surface area contributed by atoms with Crippen LogP contribution < -0.4 is 0 Å². The van der Waals surface area contributed by atoms with Gasteiger partial charge < -0.3 is 9.80 Å². The molecular formula is C18H22F4N4. The Kier molecular flexibility index (Phi) is 6.42. The molecule has 1 aliphatic rings. The summed E-state index contributed by atoms with van der Waals surface area (Å²) in [6.45, 7) is 5.41. The number of hydrogen-bond acceptors (Lipinski definition) is 3. The molecule has 1 saturated heterocycles. The van der Waals surface area contributed by atoms with Gasteiger partial charge in [-0.1, -0.05) is 24.8 Å². The molecule has 2 heterocycles. The number of likely N-dealkylation sites (N-methyl/N-ethyl adjacent to an activating group) is 1. The van der Waals surface area contributed by atoms with Gasteiger partial charge in [-0.05, 0) is 38.7 Å². The van der Waals surface area contributed by atoms with Crippen molar-refractivity contribution >= 4 is 5.70 Å². The monoisotopic (exact) mass is 370 g/mol. The smallest absolute Gasteiger partial charge is 0.369 e. The molecular weight excluding hydrogens is 348 g/mol. The Hall–Kier alpha value is -2.35. The van der Waals surface area contributed by atoms with E-state index < -0.39 is 11.9 Å². The zero-order chi connectivity index (χ0) is 19.3. The van der Waals surface area contributed by atoms with Gasteiger partial charge in [-0.3, -0.25) is 5.10 Å². The highest BCUT2D eigenvalue weighted by Gasteiger charge is 2.34. The second kappa shape index (κ2) is 8.35. The van der Waals surface area contributed by atoms with Crippen LogP contribution in [0.25, 0.3) is 5.70 Å². The second-order valence-electron chi connectivity index (χ2n) is 6.26. The number of alkyl halides is 3. The molecule has 0 radical (unpaired) electrons. The van der Waals surface area contributed by atoms with Gasteiger partial charge in [0.1, 0.15) is 17.2 Å². The van der Waals surface area contributed by atoms with Crippen LogP contribution in [0.5, 0.6) is 0 Å². The van der Waals surface area contributed by atoms with Crippen molar-refractivity contribution in [3.8, 4) is 0 Å². The van der Waals surface area contributed by atoms with Crippen molar-refractivity contribution < 1.29 is 17.6 Å². The summed E-state index contributed by atoms with van der Waals surface area (Å²) >= 11 is 0. The molecule has 1 aromatic carbocycles. The van der Waals surface area contributed by atoms with Crippen molar-refractivity contribution in [3.63, 3.8) is 0 Å². The highest BCUT2D eigenvalue weighted by atomic mass is 19.4. The fraction of sp³-hybridized carbons (Fsp3) is 0.389. The van der Waals surface area contributed by atoms with Crippen LogP contribution in [0.2, 0.25) is 0 Å². The van der Waals surface area contributed by atoms with Gasteiger partial charge in [0.25, 0.3) is 0 Å². The van der Waals surface area contributed by atoms with Crippen LogP contribution in [-0.2, 0) is 6.18 Å². The molecule has 0 spiro atoms. The molecule has 0 bridgehead atoms. The summed E-state index contributed by atoms with van der Waals surface area (Å²) in [6, 6.07) is 9.34. The zero-order valence-electron chi connectivity index (χ0n) is 14.7. The van der Waals surface area contributed by atoms with Gasteiger partial charge in [-0.15, -0.1) is 0 Å². The summed E-state index contributed by atoms with van der Waals surface area (Å²) in [5.41, 5.74) is -0.0464. The number of aromatic amines is 1. The number of nitrogens with one attached hydrogen (secondary N) is 1. The average molecular weight is 370 g/mol. The van der Waals surface area contributed by atoms with Crippen molar-refractivity contribution in [1.82, 2.24) is 20.0 Å². The van der Waals surface area contributed by atoms with Gasteiger partial charge in [-0.2, -0.15) is 18.3 Å². The van der Waals surface area contributed by atoms with Crippen molar-refractivity contribution in [2.24, 2.45) is 0 Å². The topological polar surface area (TPSA) is 35.2 Å². The van der Waals surface area contributed by atoms with Gasteiger partial charge in [0.2, 0.25) is 0 Å². The maximum absolute atomic E-state index is 12.5. The van der Waals surface area contributed by atoms with E-state index in [-0.39, 0.29) is 11.5 Å². The first-order chi connectivity index (χ1) is 12.2. The number of rotatable bonds is 3. The summed E-state index contributed by atoms with van der Waals surface area (Å²) in [5, 5.41) is 5.71. The van der Waals surface area contributed by atoms with Crippen LogP contribution >= 0.6 is 0 Å². The molecule has 4 nitrogen and oxygen atoms in total. The molecule has 1 aromatic heterocycles. The van der Waals surface area contributed by atoms with E-state index in [1.54, 1.807) is 18.2 Å². The lowest BCUT2D eigenvalue weighted by atomic mass is 10.2. The first-order valence-electron chi connectivity index (χ1n) is 8.12. The summed E-state index contributed by atoms with van der Waals surface area (Å²) < 4.78 is 49.4. The molecule has 1 aliphatic heterocycles. The Bertz CT molecular complexity index is 709. The van der Waals surface area contributed by atoms with Crippen LogP contribution in [0.15, 0.2) is 43.0 Å². The average Bonchev–Trinajstić information content (AvgIpc) is 3.25. The number of benzene rings is 1. The largest absolute Gasteiger partial charge is 0.432 e. The van der Waals surface area contributed by atoms with E-state index in [9.17, 15) is 17.6 Å². The van der Waals surface area contributed by atoms with Crippen LogP contribution in [0.1, 0.15) is 17.8 Å². The molecule has 3 rings (SSSR count). The van der Waals surface area contributed by atoms with Crippen molar-refractivity contribution in [2.45, 2.75) is 18.6 Å². The van der Waals surface area contributed by atoms with Crippen LogP contribution in [0.4, 0.5) is 17.6 Å². The van der Waals surface area contributed by atoms with E-state index in [4.69, 9.17) is 0 Å². The van der Waals surface area contributed by atoms with Crippen molar-refractivity contribution in [1.29, 1.82) is 0 Å². The fourth-order valence-corrected chi connectivity index (χ4v) is 2.60. The Morgan fingerprint density at radius 3 is 2.35 bits per heavy atom. The zero-order valence-corrected chi connectivity index (χ0v) is 14.7. The molecule has 26 heavy (non-hydrogen) atoms. The van der Waals surface area contributed by atoms with Gasteiger partial charge in [0, 0.05) is 19.1 Å². The first-order valence-corrected chi connectivity index (χ1v) is 8.12. The van der Waals surface area contributed by atoms with Gasteiger partial charge in [0.05, 0.1) is 5.70 Å². The van der Waals surface area contributed by atoms with Gasteiger partial charge >= 0.3 is 6.18 Å². The van der Waals surface area contributed by atoms with E-state index in [0.29, 0.717) is 11.7 Å². The molecule has 2 aromatic rings. The SMILES string of the molecule is C=C(c1cc(C(F)(F)F)[nH]n1)N1CCC(N(C)C)C1.Fc1ccccc1. The van der Waals surface area contributed by atoms with E-state index in [0.717, 1.165) is 25.6 Å². The molecule has 0 amide bonds. The number of H-pyrrole nitrogens is 1. The molecule has 8 heteroatoms. The third-order valence-electron chi connectivity index (χ3n) is 4.19. The van der Waals surface area contributed by atoms with Crippen molar-refractivity contribution in [3.05, 3.63) is 60.2 Å². The number of likely N-dealkylation sites (tertiary alicyclic amines) is 1. The summed E-state index contributed by atoms with van der Waals surface area (Å²) in [6.07, 6.45) is -3.43. The maximum atomic E-state index is 12.5. The first kappa shape index (κ1) is 20.0. The predicted octanol–water partition coefficient (Wildman–Crippen LogP) is 3.86. The Balaban J connectivity index is 0.000000290. The fourth-order valence-electron chi connectivity index (χ4n) is 2.60. The standard InChI is InChI=1S/C12H17F3N4.C6H5F/c1-8(19-5-4-9(7-19)18(2)3)10-6-11(17-16-10)12(13,14)15;7-6-4-2-1-3-5-6/h6,9H,1,4-5,7H2,2-3H3,(H,16,17);1-5H. The third kappa shape index (κ3) is 5.32. The predicted molar refractivity (Wildman–Crippen MR) is 92.7 cm³/mol. The normalized spacial score (nSPS) is 17.2. The Labute approximate surface area is 150 Å². The second-order valence-corrected chi connectivity index (χ2v) is 6.26. The summed E-state index contributed by atoms with van der Waals surface area (Å²) in [7, 11) is 3.99. The maximum Gasteiger partial charge on any atom is 0.432 e. The summed E-state index contributed by atoms with van der Waals surface area (Å²) in [4.78, 5) is 4.08. The highest BCUT2D eigenvalue weighted by Crippen LogP contribution is 2.30. The molecule has 0 saturated carbocycles. The minimum Gasteiger partial charge on any atom is -0.369 e. The molecule has 0 aliphatic carbocycles. The lowest BCUT2D eigenvalue weighted by molar-refractivity contribution is -0.141. The number of nitrogens with zero attached hydrogens (tertiary/aromatic N) is 3. The molecule has 142 valence electrons. The van der Waals surface area contributed by atoms with Crippen LogP contribution in [0.3, 0.4) is 0 Å². The number of aromatic nitrogens is 2. The Morgan fingerprint density at radius 2 is 1.92 bits per heavy atom. The Morgan fingerprint density at radius 1 is 1.27 bits per heavy atom. The number of hydrogen-bond donors (Lipinski definition) is 1. The van der Waals surface area contributed by atoms with Gasteiger partial charge in [0.15, 0.2) is 0 Å². The molecule has 1 fully saturated rings. The minimum atomic E-state index is -4.40. The number of halogens is 4. The minimum absolute atomic E-state index is 0.178. The quantitative estimate of drug-likeness (QED) is 0.834. The lowest BCUT2D eigenvalue weighted by Crippen LogP contribution is -2.30. The van der Waals surface area contributed by atoms with Crippen LogP contribution in [0, 0.1) is 5.82 Å². The van der Waals surface area contributed by atoms with E-state index in [1.807, 2.05) is 24.1 Å². The van der Waals surface area contributed by atoms with Crippen molar-refractivity contribution in [2.75, 3.05) is 27.2 Å². The highest BCUT2D eigenvalue weighted by molar-refractivity contribution is 5.59. The van der Waals surface area contributed by atoms with E-state index in [1.165, 1.54) is 12.1 Å². The summed E-state index contributed by atoms with van der Waals surface area (Å²) in [5.74, 6) is -0.178.